The second-order valence-corrected chi connectivity index (χ2v) is 5.07. The van der Waals surface area contributed by atoms with Crippen LogP contribution in [0.15, 0.2) is 24.3 Å². The molecule has 7 nitrogen and oxygen atoms in total. The van der Waals surface area contributed by atoms with Gasteiger partial charge < -0.3 is 4.84 Å². The Hall–Kier alpha value is -2.12. The van der Waals surface area contributed by atoms with Crippen LogP contribution in [0.3, 0.4) is 0 Å². The van der Waals surface area contributed by atoms with Gasteiger partial charge in [-0.15, -0.1) is 5.17 Å². The molecule has 0 saturated carbocycles. The molecule has 0 heterocycles. The van der Waals surface area contributed by atoms with Gasteiger partial charge in [0.25, 0.3) is 5.91 Å². The van der Waals surface area contributed by atoms with E-state index in [1.165, 1.54) is 0 Å². The first kappa shape index (κ1) is 17.9. The fraction of sp³-hybridized carbons (Fsp3) is 0.467. The Balaban J connectivity index is 2.16. The molecule has 1 aromatic rings. The quantitative estimate of drug-likeness (QED) is 0.212. The highest BCUT2D eigenvalue weighted by molar-refractivity contribution is 5.74. The molecular formula is C15H23N3O4. The monoisotopic (exact) mass is 309 g/mol. The van der Waals surface area contributed by atoms with Crippen molar-refractivity contribution < 1.29 is 19.6 Å². The number of nitrogens with zero attached hydrogens (tertiary/aromatic N) is 1. The highest BCUT2D eigenvalue weighted by Crippen LogP contribution is 2.13. The van der Waals surface area contributed by atoms with Gasteiger partial charge in [-0.1, -0.05) is 30.5 Å². The Morgan fingerprint density at radius 2 is 1.73 bits per heavy atom. The van der Waals surface area contributed by atoms with Gasteiger partial charge in [-0.25, -0.2) is 11.3 Å². The van der Waals surface area contributed by atoms with Crippen molar-refractivity contribution in [3.05, 3.63) is 29.8 Å². The summed E-state index contributed by atoms with van der Waals surface area (Å²) in [5, 5.41) is 9.08. The average Bonchev–Trinajstić information content (AvgIpc) is 2.52. The van der Waals surface area contributed by atoms with Gasteiger partial charge in [0.05, 0.1) is 0 Å². The highest BCUT2D eigenvalue weighted by atomic mass is 16.7. The zero-order valence-electron chi connectivity index (χ0n) is 12.7. The minimum atomic E-state index is -0.393. The lowest BCUT2D eigenvalue weighted by Crippen LogP contribution is -2.40. The molecular weight excluding hydrogens is 286 g/mol. The summed E-state index contributed by atoms with van der Waals surface area (Å²) >= 11 is 0. The molecule has 4 N–H and O–H groups in total. The summed E-state index contributed by atoms with van der Waals surface area (Å²) in [4.78, 5) is 27.8. The number of aryl methyl sites for hydroxylation is 1. The molecule has 0 aliphatic rings. The van der Waals surface area contributed by atoms with Gasteiger partial charge in [0, 0.05) is 12.8 Å². The molecule has 0 atom stereocenters. The predicted molar refractivity (Wildman–Crippen MR) is 80.5 cm³/mol. The molecule has 0 aliphatic heterocycles. The van der Waals surface area contributed by atoms with Gasteiger partial charge in [0.2, 0.25) is 5.91 Å². The number of unbranched alkanes of at least 4 members (excludes halogenated alkanes) is 3. The maximum atomic E-state index is 11.8. The molecule has 0 bridgehead atoms. The van der Waals surface area contributed by atoms with Crippen LogP contribution in [0.5, 0.6) is 5.75 Å². The zero-order valence-corrected chi connectivity index (χ0v) is 12.7. The van der Waals surface area contributed by atoms with Gasteiger partial charge in [0.15, 0.2) is 5.75 Å². The second kappa shape index (κ2) is 9.75. The minimum Gasteiger partial charge on any atom is -0.361 e. The molecule has 0 unspecified atom stereocenters. The third-order valence-corrected chi connectivity index (χ3v) is 3.14. The summed E-state index contributed by atoms with van der Waals surface area (Å²) in [6.07, 6.45) is 3.53. The Morgan fingerprint density at radius 1 is 1.14 bits per heavy atom. The summed E-state index contributed by atoms with van der Waals surface area (Å²) in [6, 6.07) is 7.23. The molecule has 0 radical (unpaired) electrons. The number of hydroxylamine groups is 2. The van der Waals surface area contributed by atoms with Crippen LogP contribution in [0, 0.1) is 6.92 Å². The molecule has 2 amide bonds. The normalized spacial score (nSPS) is 10.1. The number of benzene rings is 1. The SMILES string of the molecule is Cc1ccc(ON(N)C(=O)CCCCCCC(=O)NO)cc1. The van der Waals surface area contributed by atoms with Crippen molar-refractivity contribution in [3.8, 4) is 5.75 Å². The van der Waals surface area contributed by atoms with E-state index in [-0.39, 0.29) is 18.7 Å². The molecule has 0 aliphatic carbocycles. The largest absolute Gasteiger partial charge is 0.361 e. The van der Waals surface area contributed by atoms with E-state index in [0.717, 1.165) is 23.6 Å². The molecule has 7 heteroatoms. The standard InChI is InChI=1S/C15H23N3O4/c1-12-8-10-13(11-9-12)22-18(16)15(20)7-5-3-2-4-6-14(19)17-21/h8-11,21H,2-7,16H2,1H3,(H,17,19). The van der Waals surface area contributed by atoms with Crippen molar-refractivity contribution >= 4 is 11.8 Å². The lowest BCUT2D eigenvalue weighted by Gasteiger charge is -2.16. The van der Waals surface area contributed by atoms with E-state index in [4.69, 9.17) is 15.9 Å². The van der Waals surface area contributed by atoms with Crippen LogP contribution in [0.25, 0.3) is 0 Å². The predicted octanol–water partition coefficient (Wildman–Crippen LogP) is 1.84. The summed E-state index contributed by atoms with van der Waals surface area (Å²) in [7, 11) is 0. The number of nitrogens with two attached hydrogens (primary N) is 1. The van der Waals surface area contributed by atoms with Crippen LogP contribution in [-0.4, -0.2) is 22.2 Å². The second-order valence-electron chi connectivity index (χ2n) is 5.07. The van der Waals surface area contributed by atoms with Gasteiger partial charge in [-0.05, 0) is 31.9 Å². The van der Waals surface area contributed by atoms with E-state index in [1.54, 1.807) is 17.6 Å². The number of carbonyl (C=O) groups excluding carboxylic acids is 2. The fourth-order valence-electron chi connectivity index (χ4n) is 1.85. The lowest BCUT2D eigenvalue weighted by molar-refractivity contribution is -0.158. The molecule has 0 saturated heterocycles. The molecule has 22 heavy (non-hydrogen) atoms. The van der Waals surface area contributed by atoms with Crippen molar-refractivity contribution in [1.82, 2.24) is 10.7 Å². The van der Waals surface area contributed by atoms with Crippen LogP contribution in [0.2, 0.25) is 0 Å². The molecule has 1 rings (SSSR count). The van der Waals surface area contributed by atoms with E-state index in [1.807, 2.05) is 19.1 Å². The molecule has 0 fully saturated rings. The number of rotatable bonds is 9. The van der Waals surface area contributed by atoms with Crippen molar-refractivity contribution in [2.45, 2.75) is 45.4 Å². The number of hydrogen-bond acceptors (Lipinski definition) is 5. The Labute approximate surface area is 129 Å². The number of hydrazine groups is 1. The Bertz CT molecular complexity index is 476. The van der Waals surface area contributed by atoms with Crippen LogP contribution in [0.1, 0.15) is 44.1 Å². The lowest BCUT2D eigenvalue weighted by atomic mass is 10.1. The van der Waals surface area contributed by atoms with Gasteiger partial charge in [-0.3, -0.25) is 14.8 Å². The Kier molecular flexibility index (Phi) is 7.95. The first-order valence-corrected chi connectivity index (χ1v) is 7.28. The van der Waals surface area contributed by atoms with Gasteiger partial charge >= 0.3 is 0 Å². The van der Waals surface area contributed by atoms with E-state index >= 15 is 0 Å². The number of amides is 2. The summed E-state index contributed by atoms with van der Waals surface area (Å²) in [6.45, 7) is 1.96. The fourth-order valence-corrected chi connectivity index (χ4v) is 1.85. The smallest absolute Gasteiger partial charge is 0.272 e. The Morgan fingerprint density at radius 3 is 2.32 bits per heavy atom. The van der Waals surface area contributed by atoms with Crippen LogP contribution >= 0.6 is 0 Å². The first-order valence-electron chi connectivity index (χ1n) is 7.28. The number of carbonyl (C=O) groups is 2. The third kappa shape index (κ3) is 7.05. The molecule has 0 aromatic heterocycles. The van der Waals surface area contributed by atoms with Gasteiger partial charge in [0.1, 0.15) is 0 Å². The average molecular weight is 309 g/mol. The third-order valence-electron chi connectivity index (χ3n) is 3.14. The van der Waals surface area contributed by atoms with Crippen molar-refractivity contribution in [3.63, 3.8) is 0 Å². The topological polar surface area (TPSA) is 105 Å². The minimum absolute atomic E-state index is 0.282. The van der Waals surface area contributed by atoms with Crippen molar-refractivity contribution in [1.29, 1.82) is 0 Å². The maximum absolute atomic E-state index is 11.8. The zero-order chi connectivity index (χ0) is 16.4. The summed E-state index contributed by atoms with van der Waals surface area (Å²) in [5.41, 5.74) is 2.68. The maximum Gasteiger partial charge on any atom is 0.272 e. The first-order chi connectivity index (χ1) is 10.5. The summed E-state index contributed by atoms with van der Waals surface area (Å²) < 4.78 is 0. The molecule has 0 spiro atoms. The molecule has 1 aromatic carbocycles. The van der Waals surface area contributed by atoms with E-state index in [2.05, 4.69) is 0 Å². The number of hydrogen-bond donors (Lipinski definition) is 3. The van der Waals surface area contributed by atoms with Crippen molar-refractivity contribution in [2.24, 2.45) is 5.84 Å². The van der Waals surface area contributed by atoms with Crippen LogP contribution < -0.4 is 16.2 Å². The van der Waals surface area contributed by atoms with E-state index in [0.29, 0.717) is 18.6 Å². The van der Waals surface area contributed by atoms with Crippen molar-refractivity contribution in [2.75, 3.05) is 0 Å². The van der Waals surface area contributed by atoms with Gasteiger partial charge in [-0.2, -0.15) is 0 Å². The number of nitrogens with one attached hydrogen (secondary N) is 1. The summed E-state index contributed by atoms with van der Waals surface area (Å²) in [5.74, 6) is 5.39. The van der Waals surface area contributed by atoms with Crippen LogP contribution in [-0.2, 0) is 9.59 Å². The highest BCUT2D eigenvalue weighted by Gasteiger charge is 2.11. The van der Waals surface area contributed by atoms with E-state index in [9.17, 15) is 9.59 Å². The molecule has 122 valence electrons. The van der Waals surface area contributed by atoms with E-state index < -0.39 is 5.91 Å². The van der Waals surface area contributed by atoms with Crippen LogP contribution in [0.4, 0.5) is 0 Å².